The van der Waals surface area contributed by atoms with E-state index in [1.807, 2.05) is 26.0 Å². The summed E-state index contributed by atoms with van der Waals surface area (Å²) in [5.74, 6) is 0.348. The molecule has 148 valence electrons. The zero-order valence-electron chi connectivity index (χ0n) is 16.5. The quantitative estimate of drug-likeness (QED) is 0.724. The van der Waals surface area contributed by atoms with Crippen LogP contribution in [-0.2, 0) is 0 Å². The maximum atomic E-state index is 12.3. The Kier molecular flexibility index (Phi) is 5.43. The Labute approximate surface area is 164 Å². The number of carbonyl (C=O) groups is 1. The lowest BCUT2D eigenvalue weighted by atomic mass is 10.1. The largest absolute Gasteiger partial charge is 0.451 e. The Morgan fingerprint density at radius 1 is 1.11 bits per heavy atom. The third-order valence-electron chi connectivity index (χ3n) is 5.32. The summed E-state index contributed by atoms with van der Waals surface area (Å²) in [6.07, 6.45) is 5.07. The zero-order valence-corrected chi connectivity index (χ0v) is 16.5. The van der Waals surface area contributed by atoms with Gasteiger partial charge in [0.2, 0.25) is 0 Å². The molecular formula is C21H26N4O3. The number of rotatable bonds is 5. The Morgan fingerprint density at radius 3 is 2.68 bits per heavy atom. The Hall–Kier alpha value is -2.67. The van der Waals surface area contributed by atoms with Crippen LogP contribution >= 0.6 is 0 Å². The van der Waals surface area contributed by atoms with E-state index in [9.17, 15) is 4.79 Å². The lowest BCUT2D eigenvalue weighted by molar-refractivity contribution is 0.0914. The Bertz CT molecular complexity index is 967. The first-order valence-electron chi connectivity index (χ1n) is 9.96. The third-order valence-corrected chi connectivity index (χ3v) is 5.32. The highest BCUT2D eigenvalue weighted by Crippen LogP contribution is 2.32. The van der Waals surface area contributed by atoms with Gasteiger partial charge in [0.15, 0.2) is 5.76 Å². The number of carbonyl (C=O) groups excluding carboxylic acids is 1. The van der Waals surface area contributed by atoms with Crippen LogP contribution in [0.3, 0.4) is 0 Å². The minimum absolute atomic E-state index is 0.0399. The van der Waals surface area contributed by atoms with Gasteiger partial charge in [-0.1, -0.05) is 24.5 Å². The Balaban J connectivity index is 1.41. The molecule has 1 aliphatic heterocycles. The van der Waals surface area contributed by atoms with Crippen molar-refractivity contribution >= 4 is 16.9 Å². The van der Waals surface area contributed by atoms with E-state index in [-0.39, 0.29) is 17.7 Å². The van der Waals surface area contributed by atoms with Crippen molar-refractivity contribution < 1.29 is 13.6 Å². The average Bonchev–Trinajstić information content (AvgIpc) is 3.19. The van der Waals surface area contributed by atoms with Crippen molar-refractivity contribution in [3.05, 3.63) is 35.2 Å². The standard InChI is InChI=1S/C21H26N4O3/c1-14-7-8-17-16(13-14)15(2)18(27-17)20-23-24-21(28-20)19(26)22-9-12-25-10-5-3-4-6-11-25/h7-8,13H,3-6,9-12H2,1-2H3,(H,22,26). The highest BCUT2D eigenvalue weighted by Gasteiger charge is 2.21. The van der Waals surface area contributed by atoms with E-state index in [0.29, 0.717) is 12.3 Å². The van der Waals surface area contributed by atoms with Crippen LogP contribution in [0.15, 0.2) is 27.0 Å². The number of aromatic nitrogens is 2. The van der Waals surface area contributed by atoms with Crippen LogP contribution in [0.2, 0.25) is 0 Å². The van der Waals surface area contributed by atoms with Crippen LogP contribution in [0, 0.1) is 13.8 Å². The van der Waals surface area contributed by atoms with Gasteiger partial charge in [0.1, 0.15) is 5.58 Å². The normalized spacial score (nSPS) is 15.6. The van der Waals surface area contributed by atoms with Crippen LogP contribution in [0.1, 0.15) is 47.5 Å². The van der Waals surface area contributed by atoms with Crippen LogP contribution < -0.4 is 5.32 Å². The predicted molar refractivity (Wildman–Crippen MR) is 106 cm³/mol. The van der Waals surface area contributed by atoms with E-state index in [4.69, 9.17) is 8.83 Å². The van der Waals surface area contributed by atoms with Crippen molar-refractivity contribution in [2.75, 3.05) is 26.2 Å². The van der Waals surface area contributed by atoms with Crippen molar-refractivity contribution in [3.63, 3.8) is 0 Å². The van der Waals surface area contributed by atoms with Crippen LogP contribution in [0.5, 0.6) is 0 Å². The van der Waals surface area contributed by atoms with Crippen molar-refractivity contribution in [1.82, 2.24) is 20.4 Å². The lowest BCUT2D eigenvalue weighted by Gasteiger charge is -2.19. The molecule has 0 atom stereocenters. The van der Waals surface area contributed by atoms with Gasteiger partial charge in [-0.3, -0.25) is 4.79 Å². The molecule has 0 bridgehead atoms. The number of nitrogens with one attached hydrogen (secondary N) is 1. The van der Waals surface area contributed by atoms with Crippen molar-refractivity contribution in [1.29, 1.82) is 0 Å². The molecule has 0 spiro atoms. The second kappa shape index (κ2) is 8.14. The highest BCUT2D eigenvalue weighted by molar-refractivity contribution is 5.90. The summed E-state index contributed by atoms with van der Waals surface area (Å²) in [5, 5.41) is 11.8. The zero-order chi connectivity index (χ0) is 19.5. The summed E-state index contributed by atoms with van der Waals surface area (Å²) in [6, 6.07) is 5.98. The molecule has 0 aliphatic carbocycles. The molecule has 0 saturated carbocycles. The van der Waals surface area contributed by atoms with Gasteiger partial charge in [0.05, 0.1) is 0 Å². The molecule has 1 aliphatic rings. The summed E-state index contributed by atoms with van der Waals surface area (Å²) in [4.78, 5) is 14.7. The molecular weight excluding hydrogens is 356 g/mol. The lowest BCUT2D eigenvalue weighted by Crippen LogP contribution is -2.35. The number of fused-ring (bicyclic) bond motifs is 1. The fourth-order valence-electron chi connectivity index (χ4n) is 3.71. The number of amides is 1. The van der Waals surface area contributed by atoms with Gasteiger partial charge in [0, 0.05) is 24.0 Å². The van der Waals surface area contributed by atoms with Gasteiger partial charge in [-0.2, -0.15) is 0 Å². The SMILES string of the molecule is Cc1ccc2oc(-c3nnc(C(=O)NCCN4CCCCCC4)o3)c(C)c2c1. The van der Waals surface area contributed by atoms with Crippen LogP contribution in [-0.4, -0.2) is 47.2 Å². The number of likely N-dealkylation sites (tertiary alicyclic amines) is 1. The number of hydrogen-bond donors (Lipinski definition) is 1. The number of furan rings is 1. The summed E-state index contributed by atoms with van der Waals surface area (Å²) in [7, 11) is 0. The molecule has 3 heterocycles. The molecule has 7 nitrogen and oxygen atoms in total. The number of nitrogens with zero attached hydrogens (tertiary/aromatic N) is 3. The fourth-order valence-corrected chi connectivity index (χ4v) is 3.71. The highest BCUT2D eigenvalue weighted by atomic mass is 16.4. The van der Waals surface area contributed by atoms with Gasteiger partial charge >= 0.3 is 11.8 Å². The van der Waals surface area contributed by atoms with E-state index >= 15 is 0 Å². The minimum Gasteiger partial charge on any atom is -0.451 e. The predicted octanol–water partition coefficient (Wildman–Crippen LogP) is 3.71. The van der Waals surface area contributed by atoms with E-state index in [2.05, 4.69) is 26.5 Å². The summed E-state index contributed by atoms with van der Waals surface area (Å²) in [5.41, 5.74) is 2.84. The molecule has 28 heavy (non-hydrogen) atoms. The molecule has 1 amide bonds. The summed E-state index contributed by atoms with van der Waals surface area (Å²) < 4.78 is 11.5. The average molecular weight is 382 g/mol. The van der Waals surface area contributed by atoms with E-state index < -0.39 is 0 Å². The molecule has 0 unspecified atom stereocenters. The summed E-state index contributed by atoms with van der Waals surface area (Å²) >= 11 is 0. The van der Waals surface area contributed by atoms with Gasteiger partial charge in [-0.25, -0.2) is 0 Å². The molecule has 1 N–H and O–H groups in total. The van der Waals surface area contributed by atoms with E-state index in [1.165, 1.54) is 25.7 Å². The molecule has 1 saturated heterocycles. The topological polar surface area (TPSA) is 84.4 Å². The second-order valence-corrected chi connectivity index (χ2v) is 7.48. The first kappa shape index (κ1) is 18.7. The number of hydrogen-bond acceptors (Lipinski definition) is 6. The molecule has 3 aromatic rings. The van der Waals surface area contributed by atoms with Crippen molar-refractivity contribution in [2.45, 2.75) is 39.5 Å². The first-order chi connectivity index (χ1) is 13.6. The van der Waals surface area contributed by atoms with Gasteiger partial charge in [-0.15, -0.1) is 10.2 Å². The number of aryl methyl sites for hydroxylation is 2. The Morgan fingerprint density at radius 2 is 1.89 bits per heavy atom. The maximum absolute atomic E-state index is 12.3. The van der Waals surface area contributed by atoms with E-state index in [1.54, 1.807) is 0 Å². The van der Waals surface area contributed by atoms with Gasteiger partial charge < -0.3 is 19.1 Å². The smallest absolute Gasteiger partial charge is 0.308 e. The molecule has 7 heteroatoms. The van der Waals surface area contributed by atoms with Crippen molar-refractivity contribution in [2.24, 2.45) is 0 Å². The molecule has 4 rings (SSSR count). The molecule has 0 radical (unpaired) electrons. The second-order valence-electron chi connectivity index (χ2n) is 7.48. The molecule has 2 aromatic heterocycles. The monoisotopic (exact) mass is 382 g/mol. The fraction of sp³-hybridized carbons (Fsp3) is 0.476. The van der Waals surface area contributed by atoms with Gasteiger partial charge in [0.25, 0.3) is 5.89 Å². The molecule has 1 aromatic carbocycles. The van der Waals surface area contributed by atoms with Gasteiger partial charge in [-0.05, 0) is 51.9 Å². The molecule has 1 fully saturated rings. The summed E-state index contributed by atoms with van der Waals surface area (Å²) in [6.45, 7) is 7.60. The van der Waals surface area contributed by atoms with Crippen LogP contribution in [0.4, 0.5) is 0 Å². The third kappa shape index (κ3) is 3.94. The first-order valence-corrected chi connectivity index (χ1v) is 9.96. The number of benzene rings is 1. The minimum atomic E-state index is -0.349. The van der Waals surface area contributed by atoms with Crippen molar-refractivity contribution in [3.8, 4) is 11.7 Å². The van der Waals surface area contributed by atoms with E-state index in [0.717, 1.165) is 41.7 Å². The van der Waals surface area contributed by atoms with Crippen LogP contribution in [0.25, 0.3) is 22.6 Å². The maximum Gasteiger partial charge on any atom is 0.308 e.